The molecule has 0 aliphatic heterocycles. The van der Waals surface area contributed by atoms with Crippen LogP contribution in [0.5, 0.6) is 5.75 Å². The van der Waals surface area contributed by atoms with E-state index in [2.05, 4.69) is 5.32 Å². The van der Waals surface area contributed by atoms with Crippen LogP contribution in [0, 0.1) is 6.92 Å². The van der Waals surface area contributed by atoms with Gasteiger partial charge in [-0.25, -0.2) is 8.42 Å². The molecule has 0 saturated heterocycles. The second-order valence-electron chi connectivity index (χ2n) is 10.8. The van der Waals surface area contributed by atoms with Crippen LogP contribution in [0.15, 0.2) is 71.6 Å². The van der Waals surface area contributed by atoms with E-state index in [9.17, 15) is 18.0 Å². The van der Waals surface area contributed by atoms with Crippen LogP contribution in [0.25, 0.3) is 0 Å². The molecule has 1 N–H and O–H groups in total. The monoisotopic (exact) mass is 645 g/mol. The number of rotatable bonds is 11. The summed E-state index contributed by atoms with van der Waals surface area (Å²) in [6, 6.07) is 16.9. The summed E-state index contributed by atoms with van der Waals surface area (Å²) in [5.74, 6) is -0.375. The molecule has 0 heterocycles. The maximum absolute atomic E-state index is 14.2. The third-order valence-corrected chi connectivity index (χ3v) is 10.3. The van der Waals surface area contributed by atoms with Crippen molar-refractivity contribution in [2.45, 2.75) is 69.5 Å². The number of carbonyl (C=O) groups excluding carboxylic acids is 2. The number of carbonyl (C=O) groups is 2. The zero-order chi connectivity index (χ0) is 31.1. The molecule has 8 nitrogen and oxygen atoms in total. The van der Waals surface area contributed by atoms with Crippen molar-refractivity contribution in [3.8, 4) is 5.75 Å². The van der Waals surface area contributed by atoms with Gasteiger partial charge in [0.1, 0.15) is 18.3 Å². The quantitative estimate of drug-likeness (QED) is 0.261. The van der Waals surface area contributed by atoms with E-state index in [1.807, 2.05) is 6.92 Å². The Morgan fingerprint density at radius 2 is 1.56 bits per heavy atom. The average molecular weight is 647 g/mol. The van der Waals surface area contributed by atoms with Crippen molar-refractivity contribution < 1.29 is 22.7 Å². The molecule has 4 rings (SSSR count). The van der Waals surface area contributed by atoms with Gasteiger partial charge in [0.15, 0.2) is 0 Å². The zero-order valence-corrected chi connectivity index (χ0v) is 26.9. The molecule has 3 aromatic carbocycles. The number of hydrogen-bond donors (Lipinski definition) is 1. The van der Waals surface area contributed by atoms with Gasteiger partial charge in [0, 0.05) is 28.2 Å². The van der Waals surface area contributed by atoms with Crippen molar-refractivity contribution in [2.24, 2.45) is 0 Å². The van der Waals surface area contributed by atoms with E-state index >= 15 is 0 Å². The van der Waals surface area contributed by atoms with Crippen molar-refractivity contribution in [3.63, 3.8) is 0 Å². The largest absolute Gasteiger partial charge is 0.497 e. The number of nitrogens with zero attached hydrogens (tertiary/aromatic N) is 2. The van der Waals surface area contributed by atoms with Gasteiger partial charge in [-0.05, 0) is 75.2 Å². The predicted octanol–water partition coefficient (Wildman–Crippen LogP) is 6.37. The molecule has 1 aliphatic carbocycles. The molecular weight excluding hydrogens is 609 g/mol. The molecule has 230 valence electrons. The minimum Gasteiger partial charge on any atom is -0.497 e. The first-order valence-electron chi connectivity index (χ1n) is 14.3. The Kier molecular flexibility index (Phi) is 11.0. The van der Waals surface area contributed by atoms with Crippen LogP contribution in [-0.2, 0) is 26.2 Å². The smallest absolute Gasteiger partial charge is 0.264 e. The lowest BCUT2D eigenvalue weighted by atomic mass is 9.95. The van der Waals surface area contributed by atoms with E-state index in [1.54, 1.807) is 61.5 Å². The summed E-state index contributed by atoms with van der Waals surface area (Å²) >= 11 is 12.9. The molecule has 1 aliphatic rings. The zero-order valence-electron chi connectivity index (χ0n) is 24.6. The van der Waals surface area contributed by atoms with Crippen molar-refractivity contribution in [3.05, 3.63) is 87.9 Å². The fourth-order valence-corrected chi connectivity index (χ4v) is 7.05. The molecule has 0 spiro atoms. The molecule has 0 bridgehead atoms. The van der Waals surface area contributed by atoms with Crippen LogP contribution >= 0.6 is 23.2 Å². The van der Waals surface area contributed by atoms with Crippen molar-refractivity contribution >= 4 is 50.7 Å². The van der Waals surface area contributed by atoms with Crippen LogP contribution in [-0.4, -0.2) is 50.9 Å². The minimum atomic E-state index is -4.18. The molecule has 0 aromatic heterocycles. The maximum atomic E-state index is 14.2. The second-order valence-corrected chi connectivity index (χ2v) is 13.4. The summed E-state index contributed by atoms with van der Waals surface area (Å²) in [6.07, 6.45) is 4.95. The number of anilines is 1. The van der Waals surface area contributed by atoms with Gasteiger partial charge in [0.25, 0.3) is 10.0 Å². The van der Waals surface area contributed by atoms with Gasteiger partial charge in [-0.2, -0.15) is 0 Å². The lowest BCUT2D eigenvalue weighted by molar-refractivity contribution is -0.139. The first kappa shape index (κ1) is 32.6. The molecule has 0 radical (unpaired) electrons. The number of amides is 2. The van der Waals surface area contributed by atoms with Crippen LogP contribution in [0.3, 0.4) is 0 Å². The molecule has 2 amide bonds. The fraction of sp³-hybridized carbons (Fsp3) is 0.375. The lowest BCUT2D eigenvalue weighted by Crippen LogP contribution is -2.53. The Hall–Kier alpha value is -3.27. The third kappa shape index (κ3) is 8.02. The standard InChI is InChI=1S/C32H37Cl2N3O5S/c1-22-12-18-27(19-13-22)43(40,41)37(25-14-16-26(42-3)17-15-25)21-31(38)36(20-28-29(33)10-7-11-30(28)34)23(2)32(39)35-24-8-5-4-6-9-24/h7,10-19,23-24H,4-6,8-9,20-21H2,1-3H3,(H,35,39)/t23-/m1/s1. The Morgan fingerprint density at radius 1 is 0.953 bits per heavy atom. The fourth-order valence-electron chi connectivity index (χ4n) is 5.12. The molecule has 1 fully saturated rings. The third-order valence-electron chi connectivity index (χ3n) is 7.76. The summed E-state index contributed by atoms with van der Waals surface area (Å²) < 4.78 is 34.3. The second kappa shape index (κ2) is 14.5. The number of nitrogens with one attached hydrogen (secondary N) is 1. The summed E-state index contributed by atoms with van der Waals surface area (Å²) in [4.78, 5) is 29.0. The van der Waals surface area contributed by atoms with Crippen LogP contribution < -0.4 is 14.4 Å². The van der Waals surface area contributed by atoms with Gasteiger partial charge in [0.2, 0.25) is 11.8 Å². The predicted molar refractivity (Wildman–Crippen MR) is 170 cm³/mol. The SMILES string of the molecule is COc1ccc(N(CC(=O)N(Cc2c(Cl)cccc2Cl)[C@H](C)C(=O)NC2CCCCC2)S(=O)(=O)c2ccc(C)cc2)cc1. The van der Waals surface area contributed by atoms with Crippen LogP contribution in [0.1, 0.15) is 50.2 Å². The number of methoxy groups -OCH3 is 1. The highest BCUT2D eigenvalue weighted by Gasteiger charge is 2.34. The van der Waals surface area contributed by atoms with Gasteiger partial charge in [0.05, 0.1) is 17.7 Å². The number of sulfonamides is 1. The average Bonchev–Trinajstić information content (AvgIpc) is 3.00. The van der Waals surface area contributed by atoms with Crippen molar-refractivity contribution in [1.29, 1.82) is 0 Å². The number of hydrogen-bond acceptors (Lipinski definition) is 5. The summed E-state index contributed by atoms with van der Waals surface area (Å²) in [6.45, 7) is 2.84. The highest BCUT2D eigenvalue weighted by molar-refractivity contribution is 7.92. The van der Waals surface area contributed by atoms with E-state index < -0.39 is 28.5 Å². The lowest BCUT2D eigenvalue weighted by Gasteiger charge is -2.33. The summed E-state index contributed by atoms with van der Waals surface area (Å²) in [5, 5.41) is 3.76. The highest BCUT2D eigenvalue weighted by atomic mass is 35.5. The highest BCUT2D eigenvalue weighted by Crippen LogP contribution is 2.29. The number of ether oxygens (including phenoxy) is 1. The van der Waals surface area contributed by atoms with E-state index in [0.717, 1.165) is 42.0 Å². The molecular formula is C32H37Cl2N3O5S. The van der Waals surface area contributed by atoms with E-state index in [0.29, 0.717) is 21.4 Å². The van der Waals surface area contributed by atoms with Crippen LogP contribution in [0.4, 0.5) is 5.69 Å². The Balaban J connectivity index is 1.71. The molecule has 1 saturated carbocycles. The van der Waals surface area contributed by atoms with Crippen molar-refractivity contribution in [2.75, 3.05) is 18.0 Å². The Bertz CT molecular complexity index is 1510. The first-order chi connectivity index (χ1) is 20.5. The van der Waals surface area contributed by atoms with E-state index in [4.69, 9.17) is 27.9 Å². The minimum absolute atomic E-state index is 0.0299. The topological polar surface area (TPSA) is 96.0 Å². The normalized spacial score (nSPS) is 14.5. The molecule has 43 heavy (non-hydrogen) atoms. The van der Waals surface area contributed by atoms with Gasteiger partial charge in [-0.1, -0.05) is 66.2 Å². The molecule has 0 unspecified atom stereocenters. The number of aryl methyl sites for hydroxylation is 1. The number of benzene rings is 3. The van der Waals surface area contributed by atoms with Gasteiger partial charge in [-0.3, -0.25) is 13.9 Å². The molecule has 1 atom stereocenters. The number of halogens is 2. The Labute approximate surface area is 264 Å². The van der Waals surface area contributed by atoms with Gasteiger partial charge in [-0.15, -0.1) is 0 Å². The van der Waals surface area contributed by atoms with Crippen molar-refractivity contribution in [1.82, 2.24) is 10.2 Å². The molecule has 11 heteroatoms. The van der Waals surface area contributed by atoms with Gasteiger partial charge < -0.3 is 15.0 Å². The van der Waals surface area contributed by atoms with Crippen LogP contribution in [0.2, 0.25) is 10.0 Å². The summed E-state index contributed by atoms with van der Waals surface area (Å²) in [7, 11) is -2.67. The first-order valence-corrected chi connectivity index (χ1v) is 16.5. The van der Waals surface area contributed by atoms with E-state index in [1.165, 1.54) is 24.1 Å². The Morgan fingerprint density at radius 3 is 2.14 bits per heavy atom. The van der Waals surface area contributed by atoms with E-state index in [-0.39, 0.29) is 29.1 Å². The van der Waals surface area contributed by atoms with Gasteiger partial charge >= 0.3 is 0 Å². The maximum Gasteiger partial charge on any atom is 0.264 e. The molecule has 3 aromatic rings. The summed E-state index contributed by atoms with van der Waals surface area (Å²) in [5.41, 5.74) is 1.63.